The number of benzene rings is 7. The van der Waals surface area contributed by atoms with Crippen LogP contribution in [0.15, 0.2) is 162 Å². The van der Waals surface area contributed by atoms with E-state index in [-0.39, 0.29) is 5.41 Å². The van der Waals surface area contributed by atoms with Crippen molar-refractivity contribution in [2.45, 2.75) is 19.3 Å². The van der Waals surface area contributed by atoms with Gasteiger partial charge in [-0.15, -0.1) is 0 Å². The van der Waals surface area contributed by atoms with E-state index in [1.165, 1.54) is 33.4 Å². The van der Waals surface area contributed by atoms with E-state index in [2.05, 4.69) is 164 Å². The molecule has 0 bridgehead atoms. The van der Waals surface area contributed by atoms with E-state index in [0.29, 0.717) is 5.89 Å². The summed E-state index contributed by atoms with van der Waals surface area (Å²) in [5, 5.41) is 2.25. The first-order valence-electron chi connectivity index (χ1n) is 16.1. The summed E-state index contributed by atoms with van der Waals surface area (Å²) in [6, 6.07) is 56.1. The van der Waals surface area contributed by atoms with Crippen LogP contribution in [0.4, 0.5) is 17.1 Å². The summed E-state index contributed by atoms with van der Waals surface area (Å²) in [6.45, 7) is 4.65. The van der Waals surface area contributed by atoms with Crippen molar-refractivity contribution < 1.29 is 4.42 Å². The summed E-state index contributed by atoms with van der Waals surface area (Å²) >= 11 is 0. The van der Waals surface area contributed by atoms with E-state index in [4.69, 9.17) is 9.40 Å². The van der Waals surface area contributed by atoms with E-state index >= 15 is 0 Å². The van der Waals surface area contributed by atoms with E-state index in [1.54, 1.807) is 0 Å². The largest absolute Gasteiger partial charge is 0.436 e. The SMILES string of the molecule is CC1(C)c2ccccc2-c2cc(N(c3ccc(-c4nc5c(ccc6ccccc65)o4)cc3)c3ccccc3-c3ccccc3)ccc21. The third-order valence-electron chi connectivity index (χ3n) is 9.71. The van der Waals surface area contributed by atoms with Crippen molar-refractivity contribution in [1.82, 2.24) is 4.98 Å². The molecule has 8 aromatic rings. The Labute approximate surface area is 274 Å². The first kappa shape index (κ1) is 27.4. The predicted octanol–water partition coefficient (Wildman–Crippen LogP) is 12.1. The van der Waals surface area contributed by atoms with Crippen molar-refractivity contribution in [2.75, 3.05) is 4.90 Å². The van der Waals surface area contributed by atoms with E-state index in [0.717, 1.165) is 44.5 Å². The van der Waals surface area contributed by atoms with Gasteiger partial charge in [0, 0.05) is 33.3 Å². The fraction of sp³-hybridized carbons (Fsp3) is 0.0682. The van der Waals surface area contributed by atoms with Crippen LogP contribution in [0.25, 0.3) is 55.6 Å². The lowest BCUT2D eigenvalue weighted by atomic mass is 9.82. The first-order chi connectivity index (χ1) is 23.1. The lowest BCUT2D eigenvalue weighted by Crippen LogP contribution is -2.15. The van der Waals surface area contributed by atoms with Gasteiger partial charge in [0.05, 0.1) is 5.69 Å². The topological polar surface area (TPSA) is 29.3 Å². The van der Waals surface area contributed by atoms with Crippen LogP contribution in [-0.2, 0) is 5.41 Å². The molecule has 0 amide bonds. The second-order valence-corrected chi connectivity index (χ2v) is 12.8. The van der Waals surface area contributed by atoms with Crippen molar-refractivity contribution in [3.8, 4) is 33.7 Å². The molecule has 0 radical (unpaired) electrons. The van der Waals surface area contributed by atoms with Crippen molar-refractivity contribution >= 4 is 38.9 Å². The van der Waals surface area contributed by atoms with Crippen LogP contribution in [0.1, 0.15) is 25.0 Å². The highest BCUT2D eigenvalue weighted by Gasteiger charge is 2.35. The fourth-order valence-electron chi connectivity index (χ4n) is 7.34. The summed E-state index contributed by atoms with van der Waals surface area (Å²) < 4.78 is 6.29. The van der Waals surface area contributed by atoms with Crippen LogP contribution in [0, 0.1) is 0 Å². The quantitative estimate of drug-likeness (QED) is 0.196. The summed E-state index contributed by atoms with van der Waals surface area (Å²) in [4.78, 5) is 7.32. The average Bonchev–Trinajstić information content (AvgIpc) is 3.67. The van der Waals surface area contributed by atoms with Crippen LogP contribution < -0.4 is 4.90 Å². The van der Waals surface area contributed by atoms with E-state index < -0.39 is 0 Å². The Kier molecular flexibility index (Phi) is 6.16. The van der Waals surface area contributed by atoms with Gasteiger partial charge in [0.2, 0.25) is 5.89 Å². The van der Waals surface area contributed by atoms with Crippen LogP contribution >= 0.6 is 0 Å². The molecule has 47 heavy (non-hydrogen) atoms. The molecule has 0 spiro atoms. The van der Waals surface area contributed by atoms with Gasteiger partial charge in [-0.1, -0.05) is 123 Å². The molecular weight excluding hydrogens is 572 g/mol. The summed E-state index contributed by atoms with van der Waals surface area (Å²) in [5.74, 6) is 0.621. The Morgan fingerprint density at radius 1 is 0.532 bits per heavy atom. The van der Waals surface area contributed by atoms with Crippen molar-refractivity contribution in [3.63, 3.8) is 0 Å². The molecule has 0 saturated carbocycles. The molecule has 1 aromatic heterocycles. The van der Waals surface area contributed by atoms with Crippen molar-refractivity contribution in [1.29, 1.82) is 0 Å². The zero-order chi connectivity index (χ0) is 31.5. The smallest absolute Gasteiger partial charge is 0.227 e. The first-order valence-corrected chi connectivity index (χ1v) is 16.1. The monoisotopic (exact) mass is 604 g/mol. The van der Waals surface area contributed by atoms with Crippen LogP contribution in [0.3, 0.4) is 0 Å². The highest BCUT2D eigenvalue weighted by molar-refractivity contribution is 6.04. The number of oxazole rings is 1. The normalized spacial score (nSPS) is 13.1. The van der Waals surface area contributed by atoms with Crippen molar-refractivity contribution in [2.24, 2.45) is 0 Å². The lowest BCUT2D eigenvalue weighted by Gasteiger charge is -2.29. The average molecular weight is 605 g/mol. The third-order valence-corrected chi connectivity index (χ3v) is 9.71. The Morgan fingerprint density at radius 3 is 2.06 bits per heavy atom. The molecule has 0 fully saturated rings. The molecular formula is C44H32N2O. The number of nitrogens with zero attached hydrogens (tertiary/aromatic N) is 2. The summed E-state index contributed by atoms with van der Waals surface area (Å²) in [6.07, 6.45) is 0. The Bertz CT molecular complexity index is 2440. The maximum absolute atomic E-state index is 6.29. The Hall–Kier alpha value is -5.93. The number of anilines is 3. The lowest BCUT2D eigenvalue weighted by molar-refractivity contribution is 0.620. The van der Waals surface area contributed by atoms with Crippen LogP contribution in [0.2, 0.25) is 0 Å². The molecule has 0 unspecified atom stereocenters. The Morgan fingerprint density at radius 2 is 1.21 bits per heavy atom. The highest BCUT2D eigenvalue weighted by atomic mass is 16.3. The van der Waals surface area contributed by atoms with E-state index in [1.807, 2.05) is 12.1 Å². The predicted molar refractivity (Wildman–Crippen MR) is 195 cm³/mol. The standard InChI is InChI=1S/C44H32N2O/c1-44(2)38-18-10-8-17-36(38)37-28-33(25-26-39(37)44)46(40-19-11-9-15-34(40)29-12-4-3-5-13-29)32-23-20-31(21-24-32)43-45-42-35-16-7-6-14-30(35)22-27-41(42)47-43/h3-28H,1-2H3. The van der Waals surface area contributed by atoms with Crippen LogP contribution in [-0.4, -0.2) is 4.98 Å². The molecule has 224 valence electrons. The molecule has 1 aliphatic rings. The minimum Gasteiger partial charge on any atom is -0.436 e. The zero-order valence-electron chi connectivity index (χ0n) is 26.3. The molecule has 0 aliphatic heterocycles. The molecule has 3 nitrogen and oxygen atoms in total. The molecule has 9 rings (SSSR count). The van der Waals surface area contributed by atoms with Gasteiger partial charge in [0.15, 0.2) is 5.58 Å². The van der Waals surface area contributed by atoms with Gasteiger partial charge >= 0.3 is 0 Å². The number of para-hydroxylation sites is 1. The molecule has 7 aromatic carbocycles. The van der Waals surface area contributed by atoms with Gasteiger partial charge < -0.3 is 9.32 Å². The van der Waals surface area contributed by atoms with Gasteiger partial charge in [-0.3, -0.25) is 0 Å². The van der Waals surface area contributed by atoms with Gasteiger partial charge in [0.1, 0.15) is 5.52 Å². The minimum absolute atomic E-state index is 0.0518. The Balaban J connectivity index is 1.20. The summed E-state index contributed by atoms with van der Waals surface area (Å²) in [7, 11) is 0. The maximum atomic E-state index is 6.29. The number of fused-ring (bicyclic) bond motifs is 6. The fourth-order valence-corrected chi connectivity index (χ4v) is 7.34. The number of hydrogen-bond donors (Lipinski definition) is 0. The number of rotatable bonds is 5. The zero-order valence-corrected chi connectivity index (χ0v) is 26.3. The van der Waals surface area contributed by atoms with Crippen molar-refractivity contribution in [3.05, 3.63) is 169 Å². The minimum atomic E-state index is -0.0518. The number of hydrogen-bond acceptors (Lipinski definition) is 3. The maximum Gasteiger partial charge on any atom is 0.227 e. The second-order valence-electron chi connectivity index (χ2n) is 12.8. The second kappa shape index (κ2) is 10.6. The molecule has 0 atom stereocenters. The van der Waals surface area contributed by atoms with Gasteiger partial charge in [0.25, 0.3) is 0 Å². The van der Waals surface area contributed by atoms with Gasteiger partial charge in [-0.2, -0.15) is 0 Å². The summed E-state index contributed by atoms with van der Waals surface area (Å²) in [5.41, 5.74) is 13.5. The molecule has 3 heteroatoms. The van der Waals surface area contributed by atoms with Crippen LogP contribution in [0.5, 0.6) is 0 Å². The molecule has 1 aliphatic carbocycles. The van der Waals surface area contributed by atoms with E-state index in [9.17, 15) is 0 Å². The number of aromatic nitrogens is 1. The molecule has 0 saturated heterocycles. The van der Waals surface area contributed by atoms with Gasteiger partial charge in [-0.25, -0.2) is 4.98 Å². The molecule has 1 heterocycles. The molecule has 0 N–H and O–H groups in total. The third kappa shape index (κ3) is 4.39. The highest BCUT2D eigenvalue weighted by Crippen LogP contribution is 2.51. The van der Waals surface area contributed by atoms with Gasteiger partial charge in [-0.05, 0) is 81.7 Å².